The van der Waals surface area contributed by atoms with Gasteiger partial charge in [-0.1, -0.05) is 31.9 Å². The summed E-state index contributed by atoms with van der Waals surface area (Å²) in [5.74, 6) is 1.44. The highest BCUT2D eigenvalue weighted by Gasteiger charge is 2.25. The fourth-order valence-electron chi connectivity index (χ4n) is 3.00. The first-order valence-corrected chi connectivity index (χ1v) is 8.01. The van der Waals surface area contributed by atoms with Gasteiger partial charge in [-0.15, -0.1) is 0 Å². The van der Waals surface area contributed by atoms with Crippen molar-refractivity contribution in [1.29, 1.82) is 0 Å². The van der Waals surface area contributed by atoms with Crippen LogP contribution in [0.25, 0.3) is 0 Å². The molecular weight excluding hydrogens is 286 g/mol. The summed E-state index contributed by atoms with van der Waals surface area (Å²) in [6.07, 6.45) is 6.18. The summed E-state index contributed by atoms with van der Waals surface area (Å²) in [5.41, 5.74) is 1.42. The fraction of sp³-hybridized carbons (Fsp3) is 0.647. The monoisotopic (exact) mass is 311 g/mol. The van der Waals surface area contributed by atoms with Gasteiger partial charge in [-0.2, -0.15) is 0 Å². The smallest absolute Gasteiger partial charge is 0.143 e. The van der Waals surface area contributed by atoms with Crippen molar-refractivity contribution >= 4 is 17.3 Å². The Hall–Kier alpha value is -1.09. The highest BCUT2D eigenvalue weighted by molar-refractivity contribution is 6.32. The molecule has 1 atom stereocenters. The van der Waals surface area contributed by atoms with Gasteiger partial charge < -0.3 is 14.8 Å². The number of methoxy groups -OCH3 is 2. The topological polar surface area (TPSA) is 30.5 Å². The summed E-state index contributed by atoms with van der Waals surface area (Å²) >= 11 is 6.15. The predicted octanol–water partition coefficient (Wildman–Crippen LogP) is 5.13. The van der Waals surface area contributed by atoms with Gasteiger partial charge in [0.15, 0.2) is 0 Å². The third-order valence-corrected chi connectivity index (χ3v) is 4.70. The molecule has 0 amide bonds. The van der Waals surface area contributed by atoms with Gasteiger partial charge in [-0.05, 0) is 31.1 Å². The molecule has 1 unspecified atom stereocenters. The van der Waals surface area contributed by atoms with Crippen molar-refractivity contribution in [2.75, 3.05) is 19.5 Å². The Labute approximate surface area is 133 Å². The number of hydrogen-bond acceptors (Lipinski definition) is 3. The molecule has 1 aliphatic rings. The van der Waals surface area contributed by atoms with Gasteiger partial charge in [-0.3, -0.25) is 0 Å². The first-order valence-electron chi connectivity index (χ1n) is 7.63. The second kappa shape index (κ2) is 6.78. The van der Waals surface area contributed by atoms with Gasteiger partial charge in [0.25, 0.3) is 0 Å². The molecule has 1 fully saturated rings. The van der Waals surface area contributed by atoms with Crippen molar-refractivity contribution in [3.63, 3.8) is 0 Å². The molecule has 0 heterocycles. The standard InChI is InChI=1S/C17H26ClNO2/c1-17(2)8-5-6-12(7-9-17)19-14-11-15(20-3)13(18)10-16(14)21-4/h10-12,19H,5-9H2,1-4H3. The molecule has 118 valence electrons. The predicted molar refractivity (Wildman–Crippen MR) is 88.8 cm³/mol. The fourth-order valence-corrected chi connectivity index (χ4v) is 3.23. The SMILES string of the molecule is COc1cc(NC2CCCC(C)(C)CC2)c(OC)cc1Cl. The summed E-state index contributed by atoms with van der Waals surface area (Å²) < 4.78 is 10.7. The van der Waals surface area contributed by atoms with Crippen LogP contribution in [-0.4, -0.2) is 20.3 Å². The zero-order valence-corrected chi connectivity index (χ0v) is 14.2. The summed E-state index contributed by atoms with van der Waals surface area (Å²) in [7, 11) is 3.30. The second-order valence-electron chi connectivity index (χ2n) is 6.62. The summed E-state index contributed by atoms with van der Waals surface area (Å²) in [4.78, 5) is 0. The van der Waals surface area contributed by atoms with E-state index in [-0.39, 0.29) is 0 Å². The van der Waals surface area contributed by atoms with E-state index in [4.69, 9.17) is 21.1 Å². The third kappa shape index (κ3) is 4.19. The van der Waals surface area contributed by atoms with Gasteiger partial charge in [0, 0.05) is 18.2 Å². The number of benzene rings is 1. The zero-order valence-electron chi connectivity index (χ0n) is 13.5. The van der Waals surface area contributed by atoms with Gasteiger partial charge >= 0.3 is 0 Å². The Balaban J connectivity index is 2.14. The van der Waals surface area contributed by atoms with E-state index in [1.165, 1.54) is 32.1 Å². The lowest BCUT2D eigenvalue weighted by Crippen LogP contribution is -2.19. The van der Waals surface area contributed by atoms with Crippen LogP contribution in [0.4, 0.5) is 5.69 Å². The molecule has 4 heteroatoms. The second-order valence-corrected chi connectivity index (χ2v) is 7.03. The van der Waals surface area contributed by atoms with Crippen LogP contribution in [0.3, 0.4) is 0 Å². The molecule has 0 saturated heterocycles. The quantitative estimate of drug-likeness (QED) is 0.782. The molecule has 2 rings (SSSR count). The van der Waals surface area contributed by atoms with Crippen LogP contribution in [-0.2, 0) is 0 Å². The summed E-state index contributed by atoms with van der Waals surface area (Å²) in [6.45, 7) is 4.72. The molecule has 1 aromatic carbocycles. The first-order chi connectivity index (χ1) is 9.95. The largest absolute Gasteiger partial charge is 0.495 e. The molecular formula is C17H26ClNO2. The van der Waals surface area contributed by atoms with Crippen molar-refractivity contribution < 1.29 is 9.47 Å². The molecule has 1 N–H and O–H groups in total. The number of halogens is 1. The van der Waals surface area contributed by atoms with Crippen LogP contribution < -0.4 is 14.8 Å². The van der Waals surface area contributed by atoms with E-state index in [0.717, 1.165) is 11.4 Å². The highest BCUT2D eigenvalue weighted by Crippen LogP contribution is 2.39. The van der Waals surface area contributed by atoms with E-state index in [2.05, 4.69) is 19.2 Å². The number of nitrogens with one attached hydrogen (secondary N) is 1. The molecule has 0 aromatic heterocycles. The molecule has 0 radical (unpaired) electrons. The van der Waals surface area contributed by atoms with Crippen LogP contribution >= 0.6 is 11.6 Å². The minimum Gasteiger partial charge on any atom is -0.495 e. The number of rotatable bonds is 4. The maximum Gasteiger partial charge on any atom is 0.143 e. The number of hydrogen-bond donors (Lipinski definition) is 1. The average Bonchev–Trinajstić information content (AvgIpc) is 2.61. The molecule has 1 aromatic rings. The highest BCUT2D eigenvalue weighted by atomic mass is 35.5. The summed E-state index contributed by atoms with van der Waals surface area (Å²) in [5, 5.41) is 4.19. The third-order valence-electron chi connectivity index (χ3n) is 4.41. The van der Waals surface area contributed by atoms with E-state index in [9.17, 15) is 0 Å². The zero-order chi connectivity index (χ0) is 15.5. The van der Waals surface area contributed by atoms with Crippen molar-refractivity contribution in [1.82, 2.24) is 0 Å². The molecule has 21 heavy (non-hydrogen) atoms. The van der Waals surface area contributed by atoms with Gasteiger partial charge in [0.05, 0.1) is 24.9 Å². The van der Waals surface area contributed by atoms with E-state index in [1.807, 2.05) is 12.1 Å². The molecule has 0 spiro atoms. The Morgan fingerprint density at radius 2 is 1.81 bits per heavy atom. The Morgan fingerprint density at radius 1 is 1.10 bits per heavy atom. The van der Waals surface area contributed by atoms with Crippen molar-refractivity contribution in [2.45, 2.75) is 52.0 Å². The Kier molecular flexibility index (Phi) is 5.26. The van der Waals surface area contributed by atoms with E-state index in [0.29, 0.717) is 22.2 Å². The van der Waals surface area contributed by atoms with Gasteiger partial charge in [-0.25, -0.2) is 0 Å². The molecule has 1 saturated carbocycles. The van der Waals surface area contributed by atoms with Gasteiger partial charge in [0.1, 0.15) is 11.5 Å². The average molecular weight is 312 g/mol. The van der Waals surface area contributed by atoms with Crippen molar-refractivity contribution in [3.8, 4) is 11.5 Å². The molecule has 0 bridgehead atoms. The van der Waals surface area contributed by atoms with Crippen molar-refractivity contribution in [2.24, 2.45) is 5.41 Å². The minimum absolute atomic E-state index is 0.457. The van der Waals surface area contributed by atoms with Crippen molar-refractivity contribution in [3.05, 3.63) is 17.2 Å². The van der Waals surface area contributed by atoms with E-state index >= 15 is 0 Å². The van der Waals surface area contributed by atoms with E-state index in [1.54, 1.807) is 14.2 Å². The van der Waals surface area contributed by atoms with E-state index < -0.39 is 0 Å². The van der Waals surface area contributed by atoms with Gasteiger partial charge in [0.2, 0.25) is 0 Å². The lowest BCUT2D eigenvalue weighted by molar-refractivity contribution is 0.313. The lowest BCUT2D eigenvalue weighted by Gasteiger charge is -2.23. The molecule has 1 aliphatic carbocycles. The Morgan fingerprint density at radius 3 is 2.48 bits per heavy atom. The number of anilines is 1. The summed E-state index contributed by atoms with van der Waals surface area (Å²) in [6, 6.07) is 4.21. The maximum atomic E-state index is 6.15. The molecule has 3 nitrogen and oxygen atoms in total. The van der Waals surface area contributed by atoms with Crippen LogP contribution in [0.1, 0.15) is 46.0 Å². The van der Waals surface area contributed by atoms with Crippen LogP contribution in [0.5, 0.6) is 11.5 Å². The Bertz CT molecular complexity index is 488. The molecule has 0 aliphatic heterocycles. The van der Waals surface area contributed by atoms with Crippen LogP contribution in [0, 0.1) is 5.41 Å². The lowest BCUT2D eigenvalue weighted by atomic mass is 9.85. The maximum absolute atomic E-state index is 6.15. The van der Waals surface area contributed by atoms with Crippen LogP contribution in [0.15, 0.2) is 12.1 Å². The number of ether oxygens (including phenoxy) is 2. The normalized spacial score (nSPS) is 21.5. The minimum atomic E-state index is 0.457. The first kappa shape index (κ1) is 16.3. The van der Waals surface area contributed by atoms with Crippen LogP contribution in [0.2, 0.25) is 5.02 Å².